The van der Waals surface area contributed by atoms with Crippen molar-refractivity contribution in [1.82, 2.24) is 9.78 Å². The number of benzene rings is 1. The number of non-ortho nitro benzene ring substituents is 1. The molecule has 0 radical (unpaired) electrons. The SMILES string of the molecule is COC(OC)c1ccnn1-c1ccc([N+](=O)[O-])cc1. The number of nitrogens with zero attached hydrogens (tertiary/aromatic N) is 3. The third kappa shape index (κ3) is 2.61. The Morgan fingerprint density at radius 3 is 2.37 bits per heavy atom. The third-order valence-corrected chi connectivity index (χ3v) is 2.65. The van der Waals surface area contributed by atoms with Crippen molar-refractivity contribution in [3.05, 3.63) is 52.3 Å². The molecule has 0 fully saturated rings. The summed E-state index contributed by atoms with van der Waals surface area (Å²) in [5.41, 5.74) is 1.44. The molecule has 7 nitrogen and oxygen atoms in total. The number of hydrogen-bond acceptors (Lipinski definition) is 5. The first-order valence-corrected chi connectivity index (χ1v) is 5.51. The average Bonchev–Trinajstić information content (AvgIpc) is 2.89. The minimum Gasteiger partial charge on any atom is -0.350 e. The van der Waals surface area contributed by atoms with Gasteiger partial charge in [0.2, 0.25) is 6.29 Å². The average molecular weight is 263 g/mol. The van der Waals surface area contributed by atoms with Gasteiger partial charge < -0.3 is 9.47 Å². The van der Waals surface area contributed by atoms with Crippen molar-refractivity contribution < 1.29 is 14.4 Å². The summed E-state index contributed by atoms with van der Waals surface area (Å²) in [6, 6.07) is 7.86. The highest BCUT2D eigenvalue weighted by Gasteiger charge is 2.16. The fraction of sp³-hybridized carbons (Fsp3) is 0.250. The maximum absolute atomic E-state index is 10.6. The van der Waals surface area contributed by atoms with Gasteiger partial charge in [-0.25, -0.2) is 4.68 Å². The van der Waals surface area contributed by atoms with Gasteiger partial charge in [-0.2, -0.15) is 5.10 Å². The van der Waals surface area contributed by atoms with Crippen LogP contribution in [0.3, 0.4) is 0 Å². The van der Waals surface area contributed by atoms with Gasteiger partial charge in [-0.05, 0) is 18.2 Å². The van der Waals surface area contributed by atoms with Crippen LogP contribution in [0.25, 0.3) is 5.69 Å². The molecule has 0 bridgehead atoms. The molecule has 0 spiro atoms. The molecule has 0 saturated carbocycles. The van der Waals surface area contributed by atoms with Crippen molar-refractivity contribution in [3.63, 3.8) is 0 Å². The molecule has 2 rings (SSSR count). The predicted octanol–water partition coefficient (Wildman–Crippen LogP) is 2.07. The van der Waals surface area contributed by atoms with Crippen LogP contribution >= 0.6 is 0 Å². The molecular formula is C12H13N3O4. The summed E-state index contributed by atoms with van der Waals surface area (Å²) in [4.78, 5) is 10.2. The molecule has 0 unspecified atom stereocenters. The Balaban J connectivity index is 2.37. The van der Waals surface area contributed by atoms with E-state index in [1.54, 1.807) is 29.1 Å². The summed E-state index contributed by atoms with van der Waals surface area (Å²) in [6.07, 6.45) is 1.07. The number of aromatic nitrogens is 2. The lowest BCUT2D eigenvalue weighted by Gasteiger charge is -2.15. The van der Waals surface area contributed by atoms with Crippen molar-refractivity contribution in [2.75, 3.05) is 14.2 Å². The number of nitro benzene ring substituents is 1. The molecule has 100 valence electrons. The van der Waals surface area contributed by atoms with Crippen LogP contribution in [-0.2, 0) is 9.47 Å². The topological polar surface area (TPSA) is 79.4 Å². The minimum atomic E-state index is -0.544. The van der Waals surface area contributed by atoms with Gasteiger partial charge in [0.1, 0.15) is 5.69 Å². The molecule has 2 aromatic rings. The van der Waals surface area contributed by atoms with Gasteiger partial charge in [-0.15, -0.1) is 0 Å². The highest BCUT2D eigenvalue weighted by Crippen LogP contribution is 2.21. The van der Waals surface area contributed by atoms with Crippen LogP contribution in [0.5, 0.6) is 0 Å². The first-order valence-electron chi connectivity index (χ1n) is 5.51. The van der Waals surface area contributed by atoms with E-state index >= 15 is 0 Å². The zero-order chi connectivity index (χ0) is 13.8. The molecule has 0 N–H and O–H groups in total. The van der Waals surface area contributed by atoms with Gasteiger partial charge in [0.25, 0.3) is 5.69 Å². The standard InChI is InChI=1S/C12H13N3O4/c1-18-12(19-2)11-7-8-13-14(11)9-3-5-10(6-4-9)15(16)17/h3-8,12H,1-2H3. The maximum Gasteiger partial charge on any atom is 0.269 e. The Kier molecular flexibility index (Phi) is 3.88. The summed E-state index contributed by atoms with van der Waals surface area (Å²) in [5, 5.41) is 14.8. The van der Waals surface area contributed by atoms with E-state index in [2.05, 4.69) is 5.10 Å². The van der Waals surface area contributed by atoms with Gasteiger partial charge in [-0.1, -0.05) is 0 Å². The van der Waals surface area contributed by atoms with E-state index in [0.717, 1.165) is 0 Å². The van der Waals surface area contributed by atoms with Crippen molar-refractivity contribution in [1.29, 1.82) is 0 Å². The molecular weight excluding hydrogens is 250 g/mol. The molecule has 1 heterocycles. The van der Waals surface area contributed by atoms with E-state index < -0.39 is 11.2 Å². The monoisotopic (exact) mass is 263 g/mol. The van der Waals surface area contributed by atoms with Crippen LogP contribution in [0.2, 0.25) is 0 Å². The van der Waals surface area contributed by atoms with Crippen LogP contribution in [-0.4, -0.2) is 28.9 Å². The third-order valence-electron chi connectivity index (χ3n) is 2.65. The van der Waals surface area contributed by atoms with Crippen molar-refractivity contribution in [2.24, 2.45) is 0 Å². The van der Waals surface area contributed by atoms with E-state index in [1.807, 2.05) is 0 Å². The summed E-state index contributed by atoms with van der Waals surface area (Å²) in [5.74, 6) is 0. The van der Waals surface area contributed by atoms with Crippen molar-refractivity contribution in [2.45, 2.75) is 6.29 Å². The largest absolute Gasteiger partial charge is 0.350 e. The zero-order valence-corrected chi connectivity index (χ0v) is 10.5. The van der Waals surface area contributed by atoms with E-state index in [9.17, 15) is 10.1 Å². The number of rotatable bonds is 5. The Labute approximate surface area is 109 Å². The molecule has 0 aliphatic carbocycles. The Morgan fingerprint density at radius 1 is 1.21 bits per heavy atom. The Hall–Kier alpha value is -2.25. The summed E-state index contributed by atoms with van der Waals surface area (Å²) >= 11 is 0. The second kappa shape index (κ2) is 5.59. The number of methoxy groups -OCH3 is 2. The van der Waals surface area contributed by atoms with Crippen LogP contribution in [0, 0.1) is 10.1 Å². The molecule has 19 heavy (non-hydrogen) atoms. The summed E-state index contributed by atoms with van der Waals surface area (Å²) < 4.78 is 12.0. The molecule has 1 aromatic heterocycles. The lowest BCUT2D eigenvalue weighted by molar-refractivity contribution is -0.384. The van der Waals surface area contributed by atoms with Gasteiger partial charge in [-0.3, -0.25) is 10.1 Å². The first kappa shape index (κ1) is 13.2. The first-order chi connectivity index (χ1) is 9.17. The molecule has 1 aromatic carbocycles. The van der Waals surface area contributed by atoms with E-state index in [4.69, 9.17) is 9.47 Å². The maximum atomic E-state index is 10.6. The van der Waals surface area contributed by atoms with Crippen LogP contribution < -0.4 is 0 Å². The van der Waals surface area contributed by atoms with E-state index in [0.29, 0.717) is 11.4 Å². The van der Waals surface area contributed by atoms with Crippen LogP contribution in [0.4, 0.5) is 5.69 Å². The highest BCUT2D eigenvalue weighted by atomic mass is 16.7. The highest BCUT2D eigenvalue weighted by molar-refractivity contribution is 5.41. The molecule has 0 aliphatic rings. The quantitative estimate of drug-likeness (QED) is 0.468. The fourth-order valence-corrected chi connectivity index (χ4v) is 1.76. The molecule has 7 heteroatoms. The lowest BCUT2D eigenvalue weighted by atomic mass is 10.3. The van der Waals surface area contributed by atoms with Gasteiger partial charge >= 0.3 is 0 Å². The molecule has 0 aliphatic heterocycles. The minimum absolute atomic E-state index is 0.0347. The second-order valence-electron chi connectivity index (χ2n) is 3.74. The van der Waals surface area contributed by atoms with E-state index in [-0.39, 0.29) is 5.69 Å². The second-order valence-corrected chi connectivity index (χ2v) is 3.74. The summed E-state index contributed by atoms with van der Waals surface area (Å²) in [6.45, 7) is 0. The Bertz CT molecular complexity index is 561. The van der Waals surface area contributed by atoms with Gasteiger partial charge in [0.05, 0.1) is 10.6 Å². The normalized spacial score (nSPS) is 10.9. The van der Waals surface area contributed by atoms with E-state index in [1.165, 1.54) is 26.4 Å². The molecule has 0 atom stereocenters. The lowest BCUT2D eigenvalue weighted by Crippen LogP contribution is -2.11. The van der Waals surface area contributed by atoms with Gasteiger partial charge in [0.15, 0.2) is 0 Å². The Morgan fingerprint density at radius 2 is 1.84 bits per heavy atom. The van der Waals surface area contributed by atoms with Crippen molar-refractivity contribution in [3.8, 4) is 5.69 Å². The van der Waals surface area contributed by atoms with Crippen LogP contribution in [0.15, 0.2) is 36.5 Å². The molecule has 0 amide bonds. The zero-order valence-electron chi connectivity index (χ0n) is 10.5. The van der Waals surface area contributed by atoms with Gasteiger partial charge in [0, 0.05) is 32.5 Å². The van der Waals surface area contributed by atoms with Crippen LogP contribution in [0.1, 0.15) is 12.0 Å². The predicted molar refractivity (Wildman–Crippen MR) is 67.0 cm³/mol. The number of hydrogen-bond donors (Lipinski definition) is 0. The molecule has 0 saturated heterocycles. The number of ether oxygens (including phenoxy) is 2. The smallest absolute Gasteiger partial charge is 0.269 e. The number of nitro groups is 1. The fourth-order valence-electron chi connectivity index (χ4n) is 1.76. The summed E-state index contributed by atoms with van der Waals surface area (Å²) in [7, 11) is 3.06. The van der Waals surface area contributed by atoms with Crippen molar-refractivity contribution >= 4 is 5.69 Å².